The first-order valence-electron chi connectivity index (χ1n) is 9.22. The van der Waals surface area contributed by atoms with E-state index in [0.717, 1.165) is 22.3 Å². The Morgan fingerprint density at radius 2 is 2.07 bits per heavy atom. The van der Waals surface area contributed by atoms with E-state index in [9.17, 15) is 9.18 Å². The van der Waals surface area contributed by atoms with Crippen LogP contribution in [0, 0.1) is 12.7 Å². The third kappa shape index (κ3) is 4.86. The molecule has 5 heteroatoms. The van der Waals surface area contributed by atoms with Crippen LogP contribution >= 0.6 is 0 Å². The van der Waals surface area contributed by atoms with Gasteiger partial charge in [0.25, 0.3) is 0 Å². The molecule has 0 radical (unpaired) electrons. The molecule has 144 valence electrons. The maximum absolute atomic E-state index is 14.2. The van der Waals surface area contributed by atoms with Crippen molar-refractivity contribution < 1.29 is 19.0 Å². The molecule has 1 aliphatic rings. The predicted molar refractivity (Wildman–Crippen MR) is 102 cm³/mol. The van der Waals surface area contributed by atoms with Crippen LogP contribution in [0.1, 0.15) is 42.5 Å². The molecule has 0 bridgehead atoms. The number of halogens is 1. The van der Waals surface area contributed by atoms with Crippen molar-refractivity contribution in [1.82, 2.24) is 4.90 Å². The van der Waals surface area contributed by atoms with Crippen molar-refractivity contribution >= 4 is 5.97 Å². The van der Waals surface area contributed by atoms with Gasteiger partial charge in [0.05, 0.1) is 0 Å². The van der Waals surface area contributed by atoms with E-state index in [0.29, 0.717) is 31.8 Å². The van der Waals surface area contributed by atoms with E-state index in [1.807, 2.05) is 32.0 Å². The van der Waals surface area contributed by atoms with Crippen molar-refractivity contribution in [3.05, 3.63) is 64.5 Å². The molecular weight excluding hydrogens is 345 g/mol. The van der Waals surface area contributed by atoms with Gasteiger partial charge >= 0.3 is 5.97 Å². The summed E-state index contributed by atoms with van der Waals surface area (Å²) in [6, 6.07) is 11.2. The minimum Gasteiger partial charge on any atom is -0.483 e. The highest BCUT2D eigenvalue weighted by Gasteiger charge is 2.30. The summed E-state index contributed by atoms with van der Waals surface area (Å²) in [6.45, 7) is 7.98. The van der Waals surface area contributed by atoms with Gasteiger partial charge in [0.15, 0.2) is 11.6 Å². The average Bonchev–Trinajstić information content (AvgIpc) is 2.71. The number of fused-ring (bicyclic) bond motifs is 1. The van der Waals surface area contributed by atoms with E-state index in [1.54, 1.807) is 6.07 Å². The van der Waals surface area contributed by atoms with E-state index in [4.69, 9.17) is 9.84 Å². The number of hydrogen-bond acceptors (Lipinski definition) is 3. The van der Waals surface area contributed by atoms with Crippen LogP contribution in [0.2, 0.25) is 0 Å². The summed E-state index contributed by atoms with van der Waals surface area (Å²) in [4.78, 5) is 13.1. The fourth-order valence-corrected chi connectivity index (χ4v) is 3.59. The number of rotatable bonds is 5. The van der Waals surface area contributed by atoms with E-state index < -0.39 is 11.6 Å². The maximum Gasteiger partial charge on any atom is 0.303 e. The van der Waals surface area contributed by atoms with Gasteiger partial charge in [-0.05, 0) is 49.9 Å². The number of aliphatic carboxylic acids is 1. The van der Waals surface area contributed by atoms with Gasteiger partial charge < -0.3 is 9.84 Å². The Hall–Kier alpha value is -2.40. The molecule has 0 atom stereocenters. The summed E-state index contributed by atoms with van der Waals surface area (Å²) in [6.07, 6.45) is 0.644. The van der Waals surface area contributed by atoms with Gasteiger partial charge in [-0.25, -0.2) is 4.39 Å². The molecule has 0 unspecified atom stereocenters. The molecule has 1 aliphatic heterocycles. The zero-order valence-electron chi connectivity index (χ0n) is 16.1. The third-order valence-corrected chi connectivity index (χ3v) is 4.86. The lowest BCUT2D eigenvalue weighted by atomic mass is 10.0. The molecule has 2 aromatic rings. The minimum atomic E-state index is -0.790. The smallest absolute Gasteiger partial charge is 0.303 e. The van der Waals surface area contributed by atoms with Crippen LogP contribution in [0.3, 0.4) is 0 Å². The van der Waals surface area contributed by atoms with Gasteiger partial charge in [-0.15, -0.1) is 0 Å². The molecule has 0 saturated carbocycles. The third-order valence-electron chi connectivity index (χ3n) is 4.86. The summed E-state index contributed by atoms with van der Waals surface area (Å²) in [5.74, 6) is -0.770. The Morgan fingerprint density at radius 1 is 1.30 bits per heavy atom. The van der Waals surface area contributed by atoms with E-state index >= 15 is 0 Å². The molecule has 0 fully saturated rings. The van der Waals surface area contributed by atoms with Crippen LogP contribution in [0.25, 0.3) is 0 Å². The van der Waals surface area contributed by atoms with Gasteiger partial charge in [0.1, 0.15) is 5.60 Å². The minimum absolute atomic E-state index is 0.125. The van der Waals surface area contributed by atoms with Crippen molar-refractivity contribution in [2.45, 2.75) is 52.3 Å². The summed E-state index contributed by atoms with van der Waals surface area (Å²) in [7, 11) is 0. The second-order valence-electron chi connectivity index (χ2n) is 7.89. The van der Waals surface area contributed by atoms with E-state index in [2.05, 4.69) is 17.9 Å². The first-order valence-corrected chi connectivity index (χ1v) is 9.22. The standard InChI is InChI=1S/C22H26FNO3/c1-15-7-8-16(9-10-20(25)26)11-18(15)13-24-12-17-5-4-6-19(23)21(17)27-22(2,3)14-24/h4-8,11H,9-10,12-14H2,1-3H3,(H,25,26). The van der Waals surface area contributed by atoms with Gasteiger partial charge in [0.2, 0.25) is 0 Å². The highest BCUT2D eigenvalue weighted by Crippen LogP contribution is 2.32. The number of ether oxygens (including phenoxy) is 1. The Labute approximate surface area is 159 Å². The average molecular weight is 371 g/mol. The second-order valence-corrected chi connectivity index (χ2v) is 7.89. The molecule has 0 saturated heterocycles. The molecule has 0 spiro atoms. The highest BCUT2D eigenvalue weighted by atomic mass is 19.1. The molecule has 2 aromatic carbocycles. The number of hydrogen-bond donors (Lipinski definition) is 1. The van der Waals surface area contributed by atoms with Gasteiger partial charge in [-0.1, -0.05) is 30.3 Å². The molecule has 3 rings (SSSR count). The fourth-order valence-electron chi connectivity index (χ4n) is 3.59. The van der Waals surface area contributed by atoms with Gasteiger partial charge in [-0.2, -0.15) is 0 Å². The van der Waals surface area contributed by atoms with Crippen molar-refractivity contribution in [2.24, 2.45) is 0 Å². The number of carbonyl (C=O) groups is 1. The van der Waals surface area contributed by atoms with Crippen LogP contribution in [0.15, 0.2) is 36.4 Å². The van der Waals surface area contributed by atoms with Crippen LogP contribution in [0.4, 0.5) is 4.39 Å². The highest BCUT2D eigenvalue weighted by molar-refractivity contribution is 5.67. The van der Waals surface area contributed by atoms with Crippen molar-refractivity contribution in [2.75, 3.05) is 6.54 Å². The number of para-hydroxylation sites is 1. The molecule has 1 N–H and O–H groups in total. The van der Waals surface area contributed by atoms with E-state index in [-0.39, 0.29) is 12.2 Å². The molecule has 0 aliphatic carbocycles. The zero-order chi connectivity index (χ0) is 19.6. The van der Waals surface area contributed by atoms with Crippen LogP contribution in [0.5, 0.6) is 5.75 Å². The lowest BCUT2D eigenvalue weighted by Crippen LogP contribution is -2.40. The quantitative estimate of drug-likeness (QED) is 0.850. The Balaban J connectivity index is 1.84. The zero-order valence-corrected chi connectivity index (χ0v) is 16.1. The number of aryl methyl sites for hydroxylation is 2. The maximum atomic E-state index is 14.2. The number of nitrogens with zero attached hydrogens (tertiary/aromatic N) is 1. The summed E-state index contributed by atoms with van der Waals surface area (Å²) < 4.78 is 20.2. The fraction of sp³-hybridized carbons (Fsp3) is 0.409. The molecule has 4 nitrogen and oxygen atoms in total. The number of benzene rings is 2. The first-order chi connectivity index (χ1) is 12.7. The first kappa shape index (κ1) is 19.4. The lowest BCUT2D eigenvalue weighted by Gasteiger charge is -2.30. The largest absolute Gasteiger partial charge is 0.483 e. The molecule has 0 aromatic heterocycles. The normalized spacial score (nSPS) is 16.3. The lowest BCUT2D eigenvalue weighted by molar-refractivity contribution is -0.136. The molecule has 27 heavy (non-hydrogen) atoms. The topological polar surface area (TPSA) is 49.8 Å². The van der Waals surface area contributed by atoms with Gasteiger partial charge in [-0.3, -0.25) is 9.69 Å². The Kier molecular flexibility index (Phi) is 5.51. The predicted octanol–water partition coefficient (Wildman–Crippen LogP) is 4.32. The summed E-state index contributed by atoms with van der Waals surface area (Å²) >= 11 is 0. The molecule has 1 heterocycles. The monoisotopic (exact) mass is 371 g/mol. The van der Waals surface area contributed by atoms with Crippen molar-refractivity contribution in [1.29, 1.82) is 0 Å². The van der Waals surface area contributed by atoms with Crippen molar-refractivity contribution in [3.63, 3.8) is 0 Å². The van der Waals surface area contributed by atoms with Crippen LogP contribution in [-0.4, -0.2) is 28.1 Å². The van der Waals surface area contributed by atoms with E-state index in [1.165, 1.54) is 6.07 Å². The SMILES string of the molecule is Cc1ccc(CCC(=O)O)cc1CN1Cc2cccc(F)c2OC(C)(C)C1. The molecule has 0 amide bonds. The molecular formula is C22H26FNO3. The summed E-state index contributed by atoms with van der Waals surface area (Å²) in [5, 5.41) is 8.91. The van der Waals surface area contributed by atoms with Crippen LogP contribution < -0.4 is 4.74 Å². The Bertz CT molecular complexity index is 847. The Morgan fingerprint density at radius 3 is 2.81 bits per heavy atom. The second kappa shape index (κ2) is 7.69. The van der Waals surface area contributed by atoms with Gasteiger partial charge in [0, 0.05) is 31.6 Å². The summed E-state index contributed by atoms with van der Waals surface area (Å²) in [5.41, 5.74) is 3.68. The van der Waals surface area contributed by atoms with Crippen LogP contribution in [-0.2, 0) is 24.3 Å². The number of carboxylic acid groups (broad SMARTS) is 1. The number of carboxylic acids is 1. The van der Waals surface area contributed by atoms with Crippen molar-refractivity contribution in [3.8, 4) is 5.75 Å².